The van der Waals surface area contributed by atoms with Crippen molar-refractivity contribution in [2.24, 2.45) is 5.73 Å². The molecule has 21 heteroatoms. The minimum Gasteiger partial charge on any atom is -0.460 e. The average Bonchev–Trinajstić information content (AvgIpc) is 3.98. The molecule has 6 N–H and O–H groups in total. The van der Waals surface area contributed by atoms with Gasteiger partial charge >= 0.3 is 18.2 Å². The molecule has 0 saturated carbocycles. The third-order valence-corrected chi connectivity index (χ3v) is 15.6. The molecule has 4 aromatic carbocycles. The van der Waals surface area contributed by atoms with Crippen molar-refractivity contribution in [1.29, 1.82) is 0 Å². The van der Waals surface area contributed by atoms with E-state index in [0.717, 1.165) is 26.6 Å². The average molecular weight is 1100 g/mol. The third-order valence-electron chi connectivity index (χ3n) is 9.81. The summed E-state index contributed by atoms with van der Waals surface area (Å²) in [6.07, 6.45) is 2.31. The molecule has 0 radical (unpaired) electrons. The molecule has 75 heavy (non-hydrogen) atoms. The molecule has 404 valence electrons. The lowest BCUT2D eigenvalue weighted by atomic mass is 10.1. The molecule has 0 aliphatic carbocycles. The smallest absolute Gasteiger partial charge is 0.411 e. The maximum atomic E-state index is 13.5. The molecule has 2 amide bonds. The molecule has 0 bridgehead atoms. The van der Waals surface area contributed by atoms with Gasteiger partial charge in [-0.25, -0.2) is 45.8 Å². The zero-order valence-electron chi connectivity index (χ0n) is 44.7. The number of hydrogen-bond donors (Lipinski definition) is 5. The molecule has 0 saturated heterocycles. The predicted molar refractivity (Wildman–Crippen MR) is 299 cm³/mol. The fourth-order valence-corrected chi connectivity index (χ4v) is 12.4. The molecule has 2 aromatic heterocycles. The van der Waals surface area contributed by atoms with Crippen LogP contribution in [0.15, 0.2) is 107 Å². The van der Waals surface area contributed by atoms with Gasteiger partial charge in [0.1, 0.15) is 15.6 Å². The molecule has 0 atom stereocenters. The number of ether oxygens (including phenoxy) is 3. The lowest BCUT2D eigenvalue weighted by Crippen LogP contribution is -2.40. The van der Waals surface area contributed by atoms with Crippen LogP contribution in [0, 0.1) is 0 Å². The van der Waals surface area contributed by atoms with E-state index in [1.807, 2.05) is 36.4 Å². The fraction of sp³-hybridized carbons (Fsp3) is 0.389. The Morgan fingerprint density at radius 2 is 0.973 bits per heavy atom. The Balaban J connectivity index is 0.000000282. The molecule has 0 unspecified atom stereocenters. The van der Waals surface area contributed by atoms with E-state index < -0.39 is 48.9 Å². The van der Waals surface area contributed by atoms with Crippen molar-refractivity contribution in [2.45, 2.75) is 148 Å². The number of rotatable bonds is 16. The first-order chi connectivity index (χ1) is 34.8. The zero-order chi connectivity index (χ0) is 55.7. The summed E-state index contributed by atoms with van der Waals surface area (Å²) in [5.41, 5.74) is 9.19. The van der Waals surface area contributed by atoms with Crippen molar-refractivity contribution in [3.8, 4) is 42.0 Å². The quantitative estimate of drug-likeness (QED) is 0.0447. The van der Waals surface area contributed by atoms with Crippen LogP contribution >= 0.6 is 22.7 Å². The molecular formula is C54H69N7O10S4. The van der Waals surface area contributed by atoms with Gasteiger partial charge in [-0.2, -0.15) is 0 Å². The summed E-state index contributed by atoms with van der Waals surface area (Å²) in [7, 11) is -7.70. The first-order valence-corrected chi connectivity index (χ1v) is 28.7. The van der Waals surface area contributed by atoms with Crippen LogP contribution in [-0.2, 0) is 52.0 Å². The van der Waals surface area contributed by atoms with E-state index in [9.17, 15) is 31.2 Å². The molecule has 0 aliphatic rings. The SMILES string of the molecule is CC(C)OC(=O)Nc1ccc(-c2ncc(-c3ccc(CCC(=O)OC(C)(C)C)cc3S(=O)(=O)NC(C)(C)C)s2)cc1.CC(C)OC(=O)Nc1ccc(-c2ncc(-c3ccc(CN)cc3S(=O)(=O)NC(C)(C)C)s2)cc1. The summed E-state index contributed by atoms with van der Waals surface area (Å²) in [6.45, 7) is 23.5. The van der Waals surface area contributed by atoms with Crippen LogP contribution in [0.2, 0.25) is 0 Å². The fourth-order valence-electron chi connectivity index (χ4n) is 7.00. The second kappa shape index (κ2) is 24.7. The Morgan fingerprint density at radius 3 is 1.33 bits per heavy atom. The monoisotopic (exact) mass is 1100 g/mol. The largest absolute Gasteiger partial charge is 0.460 e. The number of amides is 2. The van der Waals surface area contributed by atoms with E-state index in [1.54, 1.807) is 151 Å². The summed E-state index contributed by atoms with van der Waals surface area (Å²) in [4.78, 5) is 46.6. The van der Waals surface area contributed by atoms with Crippen LogP contribution in [0.1, 0.15) is 108 Å². The maximum Gasteiger partial charge on any atom is 0.411 e. The Labute approximate surface area is 449 Å². The number of nitrogens with one attached hydrogen (secondary N) is 4. The maximum absolute atomic E-state index is 13.5. The second-order valence-electron chi connectivity index (χ2n) is 21.0. The highest BCUT2D eigenvalue weighted by molar-refractivity contribution is 7.90. The van der Waals surface area contributed by atoms with Gasteiger partial charge in [0.2, 0.25) is 20.0 Å². The summed E-state index contributed by atoms with van der Waals surface area (Å²) in [5, 5.41) is 6.77. The van der Waals surface area contributed by atoms with Gasteiger partial charge in [0, 0.05) is 70.1 Å². The summed E-state index contributed by atoms with van der Waals surface area (Å²) in [6, 6.07) is 24.7. The molecular weight excluding hydrogens is 1030 g/mol. The van der Waals surface area contributed by atoms with Crippen molar-refractivity contribution in [2.75, 3.05) is 10.6 Å². The van der Waals surface area contributed by atoms with Crippen molar-refractivity contribution in [3.05, 3.63) is 108 Å². The number of carbonyl (C=O) groups excluding carboxylic acids is 3. The number of benzene rings is 4. The third kappa shape index (κ3) is 18.6. The Kier molecular flexibility index (Phi) is 19.7. The molecule has 2 heterocycles. The Bertz CT molecular complexity index is 3170. The highest BCUT2D eigenvalue weighted by Crippen LogP contribution is 2.38. The van der Waals surface area contributed by atoms with Crippen molar-refractivity contribution >= 4 is 72.3 Å². The van der Waals surface area contributed by atoms with Gasteiger partial charge in [-0.15, -0.1) is 22.7 Å². The van der Waals surface area contributed by atoms with Gasteiger partial charge < -0.3 is 19.9 Å². The van der Waals surface area contributed by atoms with Gasteiger partial charge in [0.15, 0.2) is 0 Å². The van der Waals surface area contributed by atoms with Gasteiger partial charge in [-0.3, -0.25) is 15.4 Å². The number of aromatic nitrogens is 2. The minimum atomic E-state index is -3.91. The number of thiazole rings is 2. The normalized spacial score (nSPS) is 12.2. The van der Waals surface area contributed by atoms with E-state index in [0.29, 0.717) is 44.4 Å². The van der Waals surface area contributed by atoms with E-state index in [1.165, 1.54) is 22.7 Å². The molecule has 17 nitrogen and oxygen atoms in total. The van der Waals surface area contributed by atoms with Crippen molar-refractivity contribution in [1.82, 2.24) is 19.4 Å². The topological polar surface area (TPSA) is 247 Å². The highest BCUT2D eigenvalue weighted by atomic mass is 32.2. The number of nitrogens with zero attached hydrogens (tertiary/aromatic N) is 2. The lowest BCUT2D eigenvalue weighted by Gasteiger charge is -2.22. The van der Waals surface area contributed by atoms with Crippen LogP contribution in [0.3, 0.4) is 0 Å². The number of nitrogens with two attached hydrogens (primary N) is 1. The summed E-state index contributed by atoms with van der Waals surface area (Å²) >= 11 is 2.74. The summed E-state index contributed by atoms with van der Waals surface area (Å²) in [5.74, 6) is -0.344. The zero-order valence-corrected chi connectivity index (χ0v) is 48.0. The van der Waals surface area contributed by atoms with E-state index in [4.69, 9.17) is 19.9 Å². The number of hydrogen-bond acceptors (Lipinski definition) is 15. The van der Waals surface area contributed by atoms with Gasteiger partial charge in [-0.05, 0) is 168 Å². The first kappa shape index (κ1) is 59.8. The molecule has 0 fully saturated rings. The number of carbonyl (C=O) groups is 3. The molecule has 0 spiro atoms. The Hall–Kier alpha value is -6.07. The second-order valence-corrected chi connectivity index (χ2v) is 26.4. The first-order valence-electron chi connectivity index (χ1n) is 24.1. The predicted octanol–water partition coefficient (Wildman–Crippen LogP) is 11.8. The van der Waals surface area contributed by atoms with Crippen molar-refractivity contribution < 1.29 is 45.4 Å². The molecule has 0 aliphatic heterocycles. The standard InChI is InChI=1S/C30H39N3O6S2.C24H30N4O4S2/c1-19(2)38-28(35)32-22-13-11-21(12-14-22)27-31-18-24(40-27)23-15-9-20(10-16-26(34)39-30(6,7)8)17-25(23)41(36,37)33-29(3,4)5;1-15(2)32-23(29)27-18-9-7-17(8-10-18)22-26-14-20(33-22)19-11-6-16(13-25)12-21(19)34(30,31)28-24(3,4)5/h9,11-15,17-19,33H,10,16H2,1-8H3,(H,32,35);6-12,14-15,28H,13,25H2,1-5H3,(H,27,29). The van der Waals surface area contributed by atoms with E-state index >= 15 is 0 Å². The highest BCUT2D eigenvalue weighted by Gasteiger charge is 2.28. The van der Waals surface area contributed by atoms with E-state index in [-0.39, 0.29) is 40.9 Å². The van der Waals surface area contributed by atoms with Crippen LogP contribution in [0.5, 0.6) is 0 Å². The number of esters is 1. The van der Waals surface area contributed by atoms with Gasteiger partial charge in [0.05, 0.1) is 31.8 Å². The Morgan fingerprint density at radius 1 is 0.587 bits per heavy atom. The summed E-state index contributed by atoms with van der Waals surface area (Å²) < 4.78 is 74.4. The van der Waals surface area contributed by atoms with Crippen LogP contribution in [0.4, 0.5) is 21.0 Å². The number of aryl methyl sites for hydroxylation is 1. The lowest BCUT2D eigenvalue weighted by molar-refractivity contribution is -0.154. The van der Waals surface area contributed by atoms with Crippen LogP contribution < -0.4 is 25.8 Å². The van der Waals surface area contributed by atoms with E-state index in [2.05, 4.69) is 30.0 Å². The minimum absolute atomic E-state index is 0.118. The van der Waals surface area contributed by atoms with Crippen LogP contribution in [-0.4, -0.2) is 73.8 Å². The van der Waals surface area contributed by atoms with Crippen molar-refractivity contribution in [3.63, 3.8) is 0 Å². The number of anilines is 2. The van der Waals surface area contributed by atoms with Gasteiger partial charge in [0.25, 0.3) is 0 Å². The van der Waals surface area contributed by atoms with Crippen LogP contribution in [0.25, 0.3) is 42.0 Å². The van der Waals surface area contributed by atoms with Gasteiger partial charge in [-0.1, -0.05) is 24.3 Å². The molecule has 6 rings (SSSR count). The molecule has 6 aromatic rings. The number of sulfonamides is 2.